The van der Waals surface area contributed by atoms with Crippen LogP contribution in [0.25, 0.3) is 0 Å². The van der Waals surface area contributed by atoms with E-state index < -0.39 is 22.0 Å². The SMILES string of the molecule is Cc1ncccc1Oc1ncnc(N2C[C@@H](CS(=O)(=O)N(C)C)[C@H](O)C2)c1C. The Hall–Kier alpha value is -2.30. The highest BCUT2D eigenvalue weighted by Gasteiger charge is 2.36. The van der Waals surface area contributed by atoms with Gasteiger partial charge in [-0.15, -0.1) is 0 Å². The van der Waals surface area contributed by atoms with Gasteiger partial charge in [0.25, 0.3) is 0 Å². The molecule has 0 spiro atoms. The van der Waals surface area contributed by atoms with E-state index in [4.69, 9.17) is 4.74 Å². The number of aromatic nitrogens is 3. The summed E-state index contributed by atoms with van der Waals surface area (Å²) in [6.45, 7) is 4.38. The average molecular weight is 407 g/mol. The predicted molar refractivity (Wildman–Crippen MR) is 105 cm³/mol. The number of hydrogen-bond donors (Lipinski definition) is 1. The second kappa shape index (κ2) is 7.98. The molecule has 0 unspecified atom stereocenters. The van der Waals surface area contributed by atoms with Crippen LogP contribution in [0.1, 0.15) is 11.3 Å². The molecule has 0 aliphatic carbocycles. The number of anilines is 1. The molecular formula is C18H25N5O4S. The van der Waals surface area contributed by atoms with Crippen molar-refractivity contribution in [2.75, 3.05) is 37.8 Å². The number of pyridine rings is 1. The first-order chi connectivity index (χ1) is 13.2. The molecule has 152 valence electrons. The first-order valence-corrected chi connectivity index (χ1v) is 10.5. The van der Waals surface area contributed by atoms with Crippen molar-refractivity contribution in [1.82, 2.24) is 19.3 Å². The molecule has 0 aromatic carbocycles. The van der Waals surface area contributed by atoms with Gasteiger partial charge in [-0.25, -0.2) is 22.7 Å². The topological polar surface area (TPSA) is 109 Å². The van der Waals surface area contributed by atoms with Crippen LogP contribution in [0.3, 0.4) is 0 Å². The molecule has 9 nitrogen and oxygen atoms in total. The maximum Gasteiger partial charge on any atom is 0.227 e. The van der Waals surface area contributed by atoms with Gasteiger partial charge in [0.05, 0.1) is 23.1 Å². The van der Waals surface area contributed by atoms with Crippen LogP contribution in [0.15, 0.2) is 24.7 Å². The minimum Gasteiger partial charge on any atom is -0.437 e. The van der Waals surface area contributed by atoms with Crippen molar-refractivity contribution in [3.8, 4) is 11.6 Å². The van der Waals surface area contributed by atoms with Crippen LogP contribution in [0.5, 0.6) is 11.6 Å². The van der Waals surface area contributed by atoms with Crippen molar-refractivity contribution in [2.24, 2.45) is 5.92 Å². The normalized spacial score (nSPS) is 20.0. The van der Waals surface area contributed by atoms with Crippen LogP contribution < -0.4 is 9.64 Å². The standard InChI is InChI=1S/C18H25N5O4S/c1-12-17(20-11-21-18(12)27-16-6-5-7-19-13(16)2)23-8-14(15(24)9-23)10-28(25,26)22(3)4/h5-7,11,14-15,24H,8-10H2,1-4H3/t14-,15+/m0/s1. The fourth-order valence-electron chi connectivity index (χ4n) is 3.14. The van der Waals surface area contributed by atoms with Gasteiger partial charge in [-0.05, 0) is 26.0 Å². The summed E-state index contributed by atoms with van der Waals surface area (Å²) < 4.78 is 31.4. The number of sulfonamides is 1. The highest BCUT2D eigenvalue weighted by Crippen LogP contribution is 2.32. The molecule has 0 saturated carbocycles. The summed E-state index contributed by atoms with van der Waals surface area (Å²) in [6.07, 6.45) is 2.34. The van der Waals surface area contributed by atoms with Gasteiger partial charge in [0, 0.05) is 39.3 Å². The highest BCUT2D eigenvalue weighted by atomic mass is 32.2. The van der Waals surface area contributed by atoms with Crippen LogP contribution in [-0.4, -0.2) is 71.8 Å². The van der Waals surface area contributed by atoms with Gasteiger partial charge in [-0.2, -0.15) is 0 Å². The zero-order valence-electron chi connectivity index (χ0n) is 16.4. The minimum atomic E-state index is -3.40. The molecule has 2 atom stereocenters. The van der Waals surface area contributed by atoms with E-state index >= 15 is 0 Å². The summed E-state index contributed by atoms with van der Waals surface area (Å²) in [7, 11) is -0.415. The minimum absolute atomic E-state index is 0.111. The van der Waals surface area contributed by atoms with E-state index in [9.17, 15) is 13.5 Å². The first kappa shape index (κ1) is 20.4. The highest BCUT2D eigenvalue weighted by molar-refractivity contribution is 7.89. The van der Waals surface area contributed by atoms with Gasteiger partial charge >= 0.3 is 0 Å². The summed E-state index contributed by atoms with van der Waals surface area (Å²) in [4.78, 5) is 14.6. The molecule has 0 amide bonds. The Kier molecular flexibility index (Phi) is 5.82. The Bertz CT molecular complexity index is 951. The molecule has 3 heterocycles. The molecule has 1 saturated heterocycles. The van der Waals surface area contributed by atoms with Crippen LogP contribution in [0.2, 0.25) is 0 Å². The van der Waals surface area contributed by atoms with Crippen LogP contribution in [-0.2, 0) is 10.0 Å². The third-order valence-electron chi connectivity index (χ3n) is 4.86. The zero-order valence-corrected chi connectivity index (χ0v) is 17.2. The van der Waals surface area contributed by atoms with Gasteiger partial charge in [0.15, 0.2) is 5.75 Å². The lowest BCUT2D eigenvalue weighted by Crippen LogP contribution is -2.33. The van der Waals surface area contributed by atoms with Crippen molar-refractivity contribution in [2.45, 2.75) is 20.0 Å². The number of aliphatic hydroxyl groups is 1. The van der Waals surface area contributed by atoms with Gasteiger partial charge < -0.3 is 14.7 Å². The molecule has 28 heavy (non-hydrogen) atoms. The lowest BCUT2D eigenvalue weighted by Gasteiger charge is -2.21. The Morgan fingerprint density at radius 2 is 2.00 bits per heavy atom. The van der Waals surface area contributed by atoms with Crippen molar-refractivity contribution >= 4 is 15.8 Å². The van der Waals surface area contributed by atoms with E-state index in [2.05, 4.69) is 15.0 Å². The van der Waals surface area contributed by atoms with Crippen molar-refractivity contribution in [3.05, 3.63) is 35.9 Å². The fraction of sp³-hybridized carbons (Fsp3) is 0.500. The molecule has 10 heteroatoms. The van der Waals surface area contributed by atoms with Crippen molar-refractivity contribution in [3.63, 3.8) is 0 Å². The zero-order chi connectivity index (χ0) is 20.5. The second-order valence-corrected chi connectivity index (χ2v) is 9.34. The summed E-state index contributed by atoms with van der Waals surface area (Å²) in [5.74, 6) is 1.12. The van der Waals surface area contributed by atoms with Crippen molar-refractivity contribution in [1.29, 1.82) is 0 Å². The summed E-state index contributed by atoms with van der Waals surface area (Å²) in [5.41, 5.74) is 1.46. The van der Waals surface area contributed by atoms with Crippen LogP contribution >= 0.6 is 0 Å². The Morgan fingerprint density at radius 3 is 2.68 bits per heavy atom. The van der Waals surface area contributed by atoms with E-state index in [0.717, 1.165) is 5.69 Å². The van der Waals surface area contributed by atoms with Gasteiger partial charge in [0.2, 0.25) is 15.9 Å². The maximum absolute atomic E-state index is 12.2. The molecule has 1 N–H and O–H groups in total. The number of β-amino-alcohol motifs (C(OH)–C–C–N with tert-alkyl or cyclic N) is 1. The second-order valence-electron chi connectivity index (χ2n) is 7.11. The van der Waals surface area contributed by atoms with E-state index in [-0.39, 0.29) is 5.75 Å². The molecule has 2 aromatic heterocycles. The Labute approximate surface area is 165 Å². The number of nitrogens with zero attached hydrogens (tertiary/aromatic N) is 5. The number of hydrogen-bond acceptors (Lipinski definition) is 8. The molecule has 2 aromatic rings. The molecule has 1 aliphatic heterocycles. The van der Waals surface area contributed by atoms with E-state index in [0.29, 0.717) is 36.1 Å². The number of ether oxygens (including phenoxy) is 1. The largest absolute Gasteiger partial charge is 0.437 e. The quantitative estimate of drug-likeness (QED) is 0.755. The van der Waals surface area contributed by atoms with Crippen molar-refractivity contribution < 1.29 is 18.3 Å². The molecular weight excluding hydrogens is 382 g/mol. The Morgan fingerprint density at radius 1 is 1.25 bits per heavy atom. The number of rotatable bonds is 6. The van der Waals surface area contributed by atoms with Crippen LogP contribution in [0, 0.1) is 19.8 Å². The number of aryl methyl sites for hydroxylation is 1. The molecule has 3 rings (SSSR count). The van der Waals surface area contributed by atoms with Gasteiger partial charge in [-0.1, -0.05) is 0 Å². The summed E-state index contributed by atoms with van der Waals surface area (Å²) in [5, 5.41) is 10.4. The molecule has 0 bridgehead atoms. The maximum atomic E-state index is 12.2. The third-order valence-corrected chi connectivity index (χ3v) is 6.83. The van der Waals surface area contributed by atoms with Gasteiger partial charge in [-0.3, -0.25) is 4.98 Å². The Balaban J connectivity index is 1.80. The summed E-state index contributed by atoms with van der Waals surface area (Å²) in [6, 6.07) is 3.59. The monoisotopic (exact) mass is 407 g/mol. The lowest BCUT2D eigenvalue weighted by atomic mass is 10.1. The fourth-order valence-corrected chi connectivity index (χ4v) is 4.31. The predicted octanol–water partition coefficient (Wildman–Crippen LogP) is 0.969. The average Bonchev–Trinajstić information content (AvgIpc) is 2.98. The number of aliphatic hydroxyl groups excluding tert-OH is 1. The third kappa shape index (κ3) is 4.23. The van der Waals surface area contributed by atoms with E-state index in [1.165, 1.54) is 24.7 Å². The van der Waals surface area contributed by atoms with E-state index in [1.54, 1.807) is 12.3 Å². The van der Waals surface area contributed by atoms with Crippen LogP contribution in [0.4, 0.5) is 5.82 Å². The lowest BCUT2D eigenvalue weighted by molar-refractivity contribution is 0.157. The smallest absolute Gasteiger partial charge is 0.227 e. The molecule has 1 aliphatic rings. The van der Waals surface area contributed by atoms with E-state index in [1.807, 2.05) is 24.8 Å². The molecule has 1 fully saturated rings. The molecule has 0 radical (unpaired) electrons. The first-order valence-electron chi connectivity index (χ1n) is 8.93. The van der Waals surface area contributed by atoms with Gasteiger partial charge in [0.1, 0.15) is 12.1 Å². The summed E-state index contributed by atoms with van der Waals surface area (Å²) >= 11 is 0.